The van der Waals surface area contributed by atoms with Crippen molar-refractivity contribution < 1.29 is 19.1 Å². The van der Waals surface area contributed by atoms with Crippen molar-refractivity contribution in [1.82, 2.24) is 14.7 Å². The smallest absolute Gasteiger partial charge is 0.273 e. The molecule has 0 bridgehead atoms. The van der Waals surface area contributed by atoms with E-state index in [2.05, 4.69) is 14.7 Å². The number of nitrogen functional groups attached to an aromatic ring is 1. The number of carbonyl (C=O) groups excluding carboxylic acids is 3. The van der Waals surface area contributed by atoms with Crippen LogP contribution in [0.1, 0.15) is 44.6 Å². The van der Waals surface area contributed by atoms with Crippen LogP contribution in [0, 0.1) is 0 Å². The molecule has 1 saturated heterocycles. The van der Waals surface area contributed by atoms with Crippen molar-refractivity contribution in [2.45, 2.75) is 25.0 Å². The molecule has 10 nitrogen and oxygen atoms in total. The number of amides is 3. The summed E-state index contributed by atoms with van der Waals surface area (Å²) in [4.78, 5) is 45.5. The number of para-hydroxylation sites is 1. The lowest BCUT2D eigenvalue weighted by molar-refractivity contribution is -0.123. The van der Waals surface area contributed by atoms with Crippen molar-refractivity contribution in [2.75, 3.05) is 23.8 Å². The predicted molar refractivity (Wildman–Crippen MR) is 145 cm³/mol. The number of benzene rings is 2. The minimum absolute atomic E-state index is 0.0158. The van der Waals surface area contributed by atoms with Crippen LogP contribution in [0.4, 0.5) is 11.4 Å². The maximum Gasteiger partial charge on any atom is 0.273 e. The SMILES string of the molecule is NC(=O)c1nsc(C(=O)N(c2ccccc2)[C@@H](C(=O)NC[C@H]2CCCO2)c2ccc3ncccc3c2)c1N. The van der Waals surface area contributed by atoms with Gasteiger partial charge in [0.25, 0.3) is 11.8 Å². The Balaban J connectivity index is 1.62. The van der Waals surface area contributed by atoms with Gasteiger partial charge in [0.1, 0.15) is 10.9 Å². The molecule has 0 aliphatic carbocycles. The predicted octanol–water partition coefficient (Wildman–Crippen LogP) is 3.06. The lowest BCUT2D eigenvalue weighted by atomic mass is 10.00. The van der Waals surface area contributed by atoms with E-state index in [4.69, 9.17) is 16.2 Å². The van der Waals surface area contributed by atoms with Crippen molar-refractivity contribution in [1.29, 1.82) is 0 Å². The number of nitrogens with one attached hydrogen (secondary N) is 1. The Labute approximate surface area is 222 Å². The van der Waals surface area contributed by atoms with Crippen molar-refractivity contribution in [3.8, 4) is 0 Å². The molecule has 0 saturated carbocycles. The number of aromatic nitrogens is 2. The molecule has 3 heterocycles. The van der Waals surface area contributed by atoms with E-state index in [0.717, 1.165) is 35.3 Å². The molecular formula is C27H26N6O4S. The third-order valence-corrected chi connectivity index (χ3v) is 7.24. The first-order valence-corrected chi connectivity index (χ1v) is 12.9. The van der Waals surface area contributed by atoms with E-state index in [1.165, 1.54) is 4.90 Å². The summed E-state index contributed by atoms with van der Waals surface area (Å²) in [6.45, 7) is 0.971. The van der Waals surface area contributed by atoms with Gasteiger partial charge >= 0.3 is 0 Å². The van der Waals surface area contributed by atoms with E-state index in [9.17, 15) is 14.4 Å². The van der Waals surface area contributed by atoms with Crippen LogP contribution in [-0.4, -0.2) is 46.3 Å². The zero-order valence-electron chi connectivity index (χ0n) is 20.4. The topological polar surface area (TPSA) is 154 Å². The largest absolute Gasteiger partial charge is 0.395 e. The van der Waals surface area contributed by atoms with Crippen LogP contribution in [0.2, 0.25) is 0 Å². The molecule has 2 atom stereocenters. The zero-order chi connectivity index (χ0) is 26.6. The Bertz CT molecular complexity index is 1490. The fourth-order valence-corrected chi connectivity index (χ4v) is 5.25. The number of carbonyl (C=O) groups is 3. The number of nitrogens with zero attached hydrogens (tertiary/aromatic N) is 3. The highest BCUT2D eigenvalue weighted by atomic mass is 32.1. The second kappa shape index (κ2) is 11.0. The van der Waals surface area contributed by atoms with Gasteiger partial charge in [0.2, 0.25) is 5.91 Å². The van der Waals surface area contributed by atoms with Crippen molar-refractivity contribution in [3.63, 3.8) is 0 Å². The van der Waals surface area contributed by atoms with E-state index in [0.29, 0.717) is 24.4 Å². The zero-order valence-corrected chi connectivity index (χ0v) is 21.2. The van der Waals surface area contributed by atoms with Gasteiger partial charge in [-0.15, -0.1) is 0 Å². The monoisotopic (exact) mass is 530 g/mol. The second-order valence-electron chi connectivity index (χ2n) is 8.89. The van der Waals surface area contributed by atoms with Crippen LogP contribution < -0.4 is 21.7 Å². The summed E-state index contributed by atoms with van der Waals surface area (Å²) >= 11 is 0.767. The number of fused-ring (bicyclic) bond motifs is 1. The van der Waals surface area contributed by atoms with Crippen LogP contribution in [0.25, 0.3) is 10.9 Å². The fraction of sp³-hybridized carbons (Fsp3) is 0.222. The summed E-state index contributed by atoms with van der Waals surface area (Å²) in [6.07, 6.45) is 3.39. The third-order valence-electron chi connectivity index (χ3n) is 6.39. The molecule has 38 heavy (non-hydrogen) atoms. The molecule has 11 heteroatoms. The Morgan fingerprint density at radius 3 is 2.66 bits per heavy atom. The van der Waals surface area contributed by atoms with Crippen LogP contribution in [0.3, 0.4) is 0 Å². The van der Waals surface area contributed by atoms with Gasteiger partial charge in [-0.3, -0.25) is 24.3 Å². The number of primary amides is 1. The second-order valence-corrected chi connectivity index (χ2v) is 9.66. The Hall–Kier alpha value is -4.35. The summed E-state index contributed by atoms with van der Waals surface area (Å²) in [7, 11) is 0. The Morgan fingerprint density at radius 2 is 1.95 bits per heavy atom. The molecule has 4 aromatic rings. The molecule has 1 aliphatic heterocycles. The van der Waals surface area contributed by atoms with E-state index in [-0.39, 0.29) is 28.3 Å². The highest BCUT2D eigenvalue weighted by Crippen LogP contribution is 2.34. The number of rotatable bonds is 8. The van der Waals surface area contributed by atoms with Gasteiger partial charge in [-0.1, -0.05) is 30.3 Å². The summed E-state index contributed by atoms with van der Waals surface area (Å²) in [5, 5.41) is 3.79. The number of pyridine rings is 1. The lowest BCUT2D eigenvalue weighted by Crippen LogP contribution is -2.45. The van der Waals surface area contributed by atoms with Crippen molar-refractivity contribution >= 4 is 51.5 Å². The Morgan fingerprint density at radius 1 is 1.13 bits per heavy atom. The molecule has 0 spiro atoms. The van der Waals surface area contributed by atoms with Gasteiger partial charge in [0, 0.05) is 30.4 Å². The van der Waals surface area contributed by atoms with Crippen molar-refractivity contribution in [2.24, 2.45) is 5.73 Å². The quantitative estimate of drug-likeness (QED) is 0.316. The highest BCUT2D eigenvalue weighted by molar-refractivity contribution is 7.09. The summed E-state index contributed by atoms with van der Waals surface area (Å²) in [5.41, 5.74) is 13.0. The van der Waals surface area contributed by atoms with Crippen molar-refractivity contribution in [3.05, 3.63) is 83.0 Å². The van der Waals surface area contributed by atoms with Gasteiger partial charge in [0.15, 0.2) is 5.69 Å². The van der Waals surface area contributed by atoms with E-state index >= 15 is 0 Å². The molecule has 5 N–H and O–H groups in total. The molecule has 0 unspecified atom stereocenters. The van der Waals surface area contributed by atoms with Crippen LogP contribution in [0.5, 0.6) is 0 Å². The minimum atomic E-state index is -1.07. The first kappa shape index (κ1) is 25.3. The molecule has 5 rings (SSSR count). The summed E-state index contributed by atoms with van der Waals surface area (Å²) in [6, 6.07) is 16.9. The molecule has 1 fully saturated rings. The lowest BCUT2D eigenvalue weighted by Gasteiger charge is -2.31. The summed E-state index contributed by atoms with van der Waals surface area (Å²) in [5.74, 6) is -1.81. The van der Waals surface area contributed by atoms with Gasteiger partial charge in [-0.05, 0) is 60.3 Å². The molecule has 2 aromatic carbocycles. The molecule has 194 valence electrons. The van der Waals surface area contributed by atoms with Gasteiger partial charge in [-0.2, -0.15) is 4.37 Å². The highest BCUT2D eigenvalue weighted by Gasteiger charge is 2.36. The molecule has 2 aromatic heterocycles. The molecule has 1 aliphatic rings. The first-order chi connectivity index (χ1) is 18.4. The standard InChI is InChI=1S/C27H26N6O4S/c28-21-22(25(29)34)32-38-24(21)27(36)33(18-7-2-1-3-8-18)23(26(35)31-15-19-9-5-13-37-19)17-10-11-20-16(14-17)6-4-12-30-20/h1-4,6-8,10-12,14,19,23H,5,9,13,15,28H2,(H2,29,34)(H,31,35)/t19-,23-/m1/s1. The number of hydrogen-bond donors (Lipinski definition) is 3. The van der Waals surface area contributed by atoms with Gasteiger partial charge in [-0.25, -0.2) is 0 Å². The van der Waals surface area contributed by atoms with Crippen LogP contribution in [-0.2, 0) is 9.53 Å². The normalized spacial score (nSPS) is 15.7. The molecule has 0 radical (unpaired) electrons. The number of nitrogens with two attached hydrogens (primary N) is 2. The minimum Gasteiger partial charge on any atom is -0.395 e. The summed E-state index contributed by atoms with van der Waals surface area (Å²) < 4.78 is 9.67. The average Bonchev–Trinajstić information content (AvgIpc) is 3.60. The van der Waals surface area contributed by atoms with Gasteiger partial charge < -0.3 is 21.5 Å². The maximum absolute atomic E-state index is 14.1. The molecule has 3 amide bonds. The average molecular weight is 531 g/mol. The number of hydrogen-bond acceptors (Lipinski definition) is 8. The fourth-order valence-electron chi connectivity index (χ4n) is 4.51. The number of ether oxygens (including phenoxy) is 1. The van der Waals surface area contributed by atoms with Crippen LogP contribution in [0.15, 0.2) is 66.9 Å². The Kier molecular flexibility index (Phi) is 7.29. The van der Waals surface area contributed by atoms with Gasteiger partial charge in [0.05, 0.1) is 17.3 Å². The van der Waals surface area contributed by atoms with E-state index < -0.39 is 17.9 Å². The molecular weight excluding hydrogens is 504 g/mol. The maximum atomic E-state index is 14.1. The third kappa shape index (κ3) is 5.06. The first-order valence-electron chi connectivity index (χ1n) is 12.1. The van der Waals surface area contributed by atoms with E-state index in [1.54, 1.807) is 36.5 Å². The van der Waals surface area contributed by atoms with E-state index in [1.807, 2.05) is 30.3 Å². The van der Waals surface area contributed by atoms with Crippen LogP contribution >= 0.6 is 11.5 Å². The number of anilines is 2.